The second-order valence-corrected chi connectivity index (χ2v) is 4.06. The van der Waals surface area contributed by atoms with Crippen LogP contribution in [0.25, 0.3) is 0 Å². The summed E-state index contributed by atoms with van der Waals surface area (Å²) in [5, 5.41) is 3.50. The van der Waals surface area contributed by atoms with Crippen LogP contribution >= 0.6 is 0 Å². The molecule has 78 valence electrons. The van der Waals surface area contributed by atoms with Gasteiger partial charge in [-0.2, -0.15) is 0 Å². The predicted molar refractivity (Wildman–Crippen MR) is 61.1 cm³/mol. The highest BCUT2D eigenvalue weighted by molar-refractivity contribution is 5.22. The molecule has 0 saturated heterocycles. The van der Waals surface area contributed by atoms with Crippen LogP contribution in [0.3, 0.4) is 0 Å². The SMILES string of the molecule is CC(C)(NCCCN)c1ccccc1. The van der Waals surface area contributed by atoms with Gasteiger partial charge >= 0.3 is 0 Å². The summed E-state index contributed by atoms with van der Waals surface area (Å²) in [6, 6.07) is 10.5. The molecule has 0 aliphatic heterocycles. The Labute approximate surface area is 86.5 Å². The van der Waals surface area contributed by atoms with E-state index in [1.54, 1.807) is 0 Å². The van der Waals surface area contributed by atoms with Gasteiger partial charge in [-0.1, -0.05) is 30.3 Å². The van der Waals surface area contributed by atoms with Gasteiger partial charge in [0, 0.05) is 5.54 Å². The average Bonchev–Trinajstić information content (AvgIpc) is 2.19. The van der Waals surface area contributed by atoms with Crippen molar-refractivity contribution in [3.05, 3.63) is 35.9 Å². The van der Waals surface area contributed by atoms with Crippen molar-refractivity contribution in [1.29, 1.82) is 0 Å². The van der Waals surface area contributed by atoms with Crippen LogP contribution in [0.1, 0.15) is 25.8 Å². The van der Waals surface area contributed by atoms with Crippen molar-refractivity contribution in [2.24, 2.45) is 5.73 Å². The summed E-state index contributed by atoms with van der Waals surface area (Å²) in [7, 11) is 0. The Morgan fingerprint density at radius 1 is 1.21 bits per heavy atom. The van der Waals surface area contributed by atoms with Gasteiger partial charge in [0.15, 0.2) is 0 Å². The third-order valence-electron chi connectivity index (χ3n) is 2.44. The maximum Gasteiger partial charge on any atom is 0.0377 e. The van der Waals surface area contributed by atoms with E-state index in [4.69, 9.17) is 5.73 Å². The molecule has 0 aliphatic carbocycles. The number of nitrogens with two attached hydrogens (primary N) is 1. The van der Waals surface area contributed by atoms with Gasteiger partial charge in [0.1, 0.15) is 0 Å². The van der Waals surface area contributed by atoms with Crippen molar-refractivity contribution < 1.29 is 0 Å². The molecule has 2 nitrogen and oxygen atoms in total. The average molecular weight is 192 g/mol. The van der Waals surface area contributed by atoms with E-state index in [1.807, 2.05) is 6.07 Å². The molecule has 0 radical (unpaired) electrons. The van der Waals surface area contributed by atoms with E-state index in [9.17, 15) is 0 Å². The number of hydrogen-bond acceptors (Lipinski definition) is 2. The van der Waals surface area contributed by atoms with Gasteiger partial charge in [-0.25, -0.2) is 0 Å². The van der Waals surface area contributed by atoms with Gasteiger partial charge < -0.3 is 11.1 Å². The summed E-state index contributed by atoms with van der Waals surface area (Å²) in [6.45, 7) is 6.11. The van der Waals surface area contributed by atoms with Gasteiger partial charge in [-0.15, -0.1) is 0 Å². The molecular formula is C12H20N2. The lowest BCUT2D eigenvalue weighted by Gasteiger charge is -2.27. The maximum absolute atomic E-state index is 5.46. The van der Waals surface area contributed by atoms with E-state index in [0.29, 0.717) is 0 Å². The first-order valence-corrected chi connectivity index (χ1v) is 5.17. The van der Waals surface area contributed by atoms with Crippen LogP contribution in [-0.2, 0) is 5.54 Å². The Kier molecular flexibility index (Phi) is 4.11. The molecule has 0 aliphatic rings. The molecule has 0 unspecified atom stereocenters. The van der Waals surface area contributed by atoms with Gasteiger partial charge in [0.05, 0.1) is 0 Å². The minimum atomic E-state index is 0.0381. The molecule has 3 N–H and O–H groups in total. The normalized spacial score (nSPS) is 11.6. The number of hydrogen-bond donors (Lipinski definition) is 2. The minimum Gasteiger partial charge on any atom is -0.330 e. The maximum atomic E-state index is 5.46. The predicted octanol–water partition coefficient (Wildman–Crippen LogP) is 1.86. The molecular weight excluding hydrogens is 172 g/mol. The molecule has 0 saturated carbocycles. The zero-order valence-corrected chi connectivity index (χ0v) is 9.09. The molecule has 1 aromatic rings. The van der Waals surface area contributed by atoms with Crippen LogP contribution < -0.4 is 11.1 Å². The number of nitrogens with one attached hydrogen (secondary N) is 1. The topological polar surface area (TPSA) is 38.0 Å². The largest absolute Gasteiger partial charge is 0.330 e. The zero-order valence-electron chi connectivity index (χ0n) is 9.09. The van der Waals surface area contributed by atoms with Gasteiger partial charge in [0.2, 0.25) is 0 Å². The fraction of sp³-hybridized carbons (Fsp3) is 0.500. The zero-order chi connectivity index (χ0) is 10.4. The van der Waals surface area contributed by atoms with Crippen molar-refractivity contribution in [3.8, 4) is 0 Å². The molecule has 1 aromatic carbocycles. The monoisotopic (exact) mass is 192 g/mol. The number of benzene rings is 1. The van der Waals surface area contributed by atoms with Crippen LogP contribution in [0.5, 0.6) is 0 Å². The smallest absolute Gasteiger partial charge is 0.0377 e. The standard InChI is InChI=1S/C12H20N2/c1-12(2,14-10-6-9-13)11-7-4-3-5-8-11/h3-5,7-8,14H,6,9-10,13H2,1-2H3. The fourth-order valence-electron chi connectivity index (χ4n) is 1.46. The molecule has 0 atom stereocenters. The molecule has 0 spiro atoms. The Hall–Kier alpha value is -0.860. The van der Waals surface area contributed by atoms with Crippen LogP contribution in [-0.4, -0.2) is 13.1 Å². The first-order valence-electron chi connectivity index (χ1n) is 5.17. The lowest BCUT2D eigenvalue weighted by Crippen LogP contribution is -2.37. The molecule has 1 rings (SSSR count). The lowest BCUT2D eigenvalue weighted by atomic mass is 9.94. The number of rotatable bonds is 5. The highest BCUT2D eigenvalue weighted by Gasteiger charge is 2.18. The fourth-order valence-corrected chi connectivity index (χ4v) is 1.46. The van der Waals surface area contributed by atoms with Crippen molar-refractivity contribution in [2.75, 3.05) is 13.1 Å². The Bertz CT molecular complexity index is 254. The molecule has 0 heterocycles. The minimum absolute atomic E-state index is 0.0381. The van der Waals surface area contributed by atoms with E-state index >= 15 is 0 Å². The first-order chi connectivity index (χ1) is 6.67. The summed E-state index contributed by atoms with van der Waals surface area (Å²) in [6.07, 6.45) is 1.02. The molecule has 0 bridgehead atoms. The van der Waals surface area contributed by atoms with Crippen molar-refractivity contribution in [2.45, 2.75) is 25.8 Å². The summed E-state index contributed by atoms with van der Waals surface area (Å²) < 4.78 is 0. The van der Waals surface area contributed by atoms with E-state index < -0.39 is 0 Å². The second-order valence-electron chi connectivity index (χ2n) is 4.06. The van der Waals surface area contributed by atoms with Crippen LogP contribution in [0, 0.1) is 0 Å². The summed E-state index contributed by atoms with van der Waals surface area (Å²) in [5.74, 6) is 0. The van der Waals surface area contributed by atoms with Crippen molar-refractivity contribution >= 4 is 0 Å². The van der Waals surface area contributed by atoms with Crippen LogP contribution in [0.15, 0.2) is 30.3 Å². The Balaban J connectivity index is 2.56. The summed E-state index contributed by atoms with van der Waals surface area (Å²) in [5.41, 5.74) is 6.81. The third kappa shape index (κ3) is 3.13. The first kappa shape index (κ1) is 11.2. The molecule has 14 heavy (non-hydrogen) atoms. The summed E-state index contributed by atoms with van der Waals surface area (Å²) >= 11 is 0. The highest BCUT2D eigenvalue weighted by Crippen LogP contribution is 2.18. The van der Waals surface area contributed by atoms with E-state index in [0.717, 1.165) is 19.5 Å². The van der Waals surface area contributed by atoms with Crippen LogP contribution in [0.4, 0.5) is 0 Å². The molecule has 0 fully saturated rings. The van der Waals surface area contributed by atoms with Gasteiger partial charge in [-0.05, 0) is 38.9 Å². The molecule has 0 amide bonds. The van der Waals surface area contributed by atoms with E-state index in [2.05, 4.69) is 43.4 Å². The van der Waals surface area contributed by atoms with Gasteiger partial charge in [-0.3, -0.25) is 0 Å². The molecule has 0 aromatic heterocycles. The Morgan fingerprint density at radius 2 is 1.86 bits per heavy atom. The highest BCUT2D eigenvalue weighted by atomic mass is 14.9. The van der Waals surface area contributed by atoms with Crippen molar-refractivity contribution in [1.82, 2.24) is 5.32 Å². The third-order valence-corrected chi connectivity index (χ3v) is 2.44. The Morgan fingerprint density at radius 3 is 2.43 bits per heavy atom. The summed E-state index contributed by atoms with van der Waals surface area (Å²) in [4.78, 5) is 0. The quantitative estimate of drug-likeness (QED) is 0.699. The second kappa shape index (κ2) is 5.13. The lowest BCUT2D eigenvalue weighted by molar-refractivity contribution is 0.401. The van der Waals surface area contributed by atoms with Crippen LogP contribution in [0.2, 0.25) is 0 Å². The van der Waals surface area contributed by atoms with E-state index in [-0.39, 0.29) is 5.54 Å². The molecule has 2 heteroatoms. The van der Waals surface area contributed by atoms with E-state index in [1.165, 1.54) is 5.56 Å². The van der Waals surface area contributed by atoms with Gasteiger partial charge in [0.25, 0.3) is 0 Å². The van der Waals surface area contributed by atoms with Crippen molar-refractivity contribution in [3.63, 3.8) is 0 Å².